The van der Waals surface area contributed by atoms with Crippen LogP contribution >= 0.6 is 0 Å². The van der Waals surface area contributed by atoms with Crippen molar-refractivity contribution < 1.29 is 32.3 Å². The molecule has 0 saturated heterocycles. The van der Waals surface area contributed by atoms with Crippen LogP contribution in [0.1, 0.15) is 35.4 Å². The lowest BCUT2D eigenvalue weighted by Crippen LogP contribution is -2.06. The van der Waals surface area contributed by atoms with Crippen LogP contribution in [0, 0.1) is 0 Å². The van der Waals surface area contributed by atoms with Crippen molar-refractivity contribution in [3.05, 3.63) is 41.5 Å². The zero-order valence-electron chi connectivity index (χ0n) is 15.6. The van der Waals surface area contributed by atoms with Crippen LogP contribution in [0.3, 0.4) is 0 Å². The maximum Gasteiger partial charge on any atom is 0.387 e. The van der Waals surface area contributed by atoms with Gasteiger partial charge in [-0.3, -0.25) is 5.10 Å². The van der Waals surface area contributed by atoms with Gasteiger partial charge >= 0.3 is 12.6 Å². The number of nitrogens with one attached hydrogen (secondary N) is 1. The van der Waals surface area contributed by atoms with E-state index in [0.29, 0.717) is 5.56 Å². The lowest BCUT2D eigenvalue weighted by atomic mass is 10.2. The molecule has 1 N–H and O–H groups in total. The molecule has 11 heteroatoms. The molecule has 9 nitrogen and oxygen atoms in total. The summed E-state index contributed by atoms with van der Waals surface area (Å²) in [5, 5.41) is 10.5. The number of nitrogens with zero attached hydrogens (tertiary/aromatic N) is 3. The Hall–Kier alpha value is -3.50. The molecule has 0 spiro atoms. The second-order valence-corrected chi connectivity index (χ2v) is 5.86. The molecule has 0 aliphatic rings. The van der Waals surface area contributed by atoms with Crippen LogP contribution in [0.25, 0.3) is 11.4 Å². The molecular formula is C18H18F2N4O5. The van der Waals surface area contributed by atoms with Crippen LogP contribution in [0.2, 0.25) is 0 Å². The number of ether oxygens (including phenoxy) is 3. The molecule has 154 valence electrons. The van der Waals surface area contributed by atoms with Crippen molar-refractivity contribution in [3.63, 3.8) is 0 Å². The normalized spacial score (nSPS) is 10.9. The number of rotatable bonds is 9. The molecule has 0 bridgehead atoms. The van der Waals surface area contributed by atoms with Crippen molar-refractivity contribution in [3.8, 4) is 22.9 Å². The van der Waals surface area contributed by atoms with Crippen molar-refractivity contribution >= 4 is 5.97 Å². The summed E-state index contributed by atoms with van der Waals surface area (Å²) < 4.78 is 44.4. The fourth-order valence-corrected chi connectivity index (χ4v) is 2.50. The van der Waals surface area contributed by atoms with E-state index in [1.54, 1.807) is 6.07 Å². The van der Waals surface area contributed by atoms with E-state index in [0.717, 1.165) is 18.5 Å². The topological polar surface area (TPSA) is 112 Å². The average molecular weight is 408 g/mol. The summed E-state index contributed by atoms with van der Waals surface area (Å²) in [6, 6.07) is 5.83. The Morgan fingerprint density at radius 1 is 1.28 bits per heavy atom. The Balaban J connectivity index is 1.65. The average Bonchev–Trinajstić information content (AvgIpc) is 3.36. The SMILES string of the molecule is CCCc1cc(C(=O)OCc2nc(-c3ccc(OC(F)F)c(OC)c3)no2)n[nH]1. The van der Waals surface area contributed by atoms with Gasteiger partial charge in [0.1, 0.15) is 0 Å². The summed E-state index contributed by atoms with van der Waals surface area (Å²) in [5.41, 5.74) is 1.45. The number of H-pyrrole nitrogens is 1. The highest BCUT2D eigenvalue weighted by Gasteiger charge is 2.17. The second kappa shape index (κ2) is 9.13. The fourth-order valence-electron chi connectivity index (χ4n) is 2.50. The molecule has 0 unspecified atom stereocenters. The zero-order chi connectivity index (χ0) is 20.8. The maximum absolute atomic E-state index is 12.4. The second-order valence-electron chi connectivity index (χ2n) is 5.86. The number of esters is 1. The van der Waals surface area contributed by atoms with Gasteiger partial charge in [0, 0.05) is 11.3 Å². The van der Waals surface area contributed by atoms with Crippen LogP contribution in [0.15, 0.2) is 28.8 Å². The smallest absolute Gasteiger partial charge is 0.387 e. The highest BCUT2D eigenvalue weighted by Crippen LogP contribution is 2.32. The molecule has 0 saturated carbocycles. The number of halogens is 2. The van der Waals surface area contributed by atoms with Crippen molar-refractivity contribution in [2.24, 2.45) is 0 Å². The number of aromatic nitrogens is 4. The van der Waals surface area contributed by atoms with E-state index in [-0.39, 0.29) is 35.5 Å². The molecular weight excluding hydrogens is 390 g/mol. The molecule has 0 atom stereocenters. The molecule has 0 aliphatic heterocycles. The van der Waals surface area contributed by atoms with E-state index < -0.39 is 12.6 Å². The number of alkyl halides is 2. The number of aromatic amines is 1. The first-order chi connectivity index (χ1) is 14.0. The Labute approximate surface area is 164 Å². The summed E-state index contributed by atoms with van der Waals surface area (Å²) in [6.45, 7) is -1.21. The lowest BCUT2D eigenvalue weighted by molar-refractivity contribution is -0.0512. The van der Waals surface area contributed by atoms with Gasteiger partial charge in [0.25, 0.3) is 5.89 Å². The minimum atomic E-state index is -2.98. The molecule has 3 aromatic rings. The molecule has 29 heavy (non-hydrogen) atoms. The van der Waals surface area contributed by atoms with Crippen LogP contribution in [-0.4, -0.2) is 40.0 Å². The van der Waals surface area contributed by atoms with Crippen molar-refractivity contribution in [2.75, 3.05) is 7.11 Å². The van der Waals surface area contributed by atoms with Gasteiger partial charge in [-0.2, -0.15) is 18.9 Å². The largest absolute Gasteiger partial charge is 0.493 e. The summed E-state index contributed by atoms with van der Waals surface area (Å²) >= 11 is 0. The fraction of sp³-hybridized carbons (Fsp3) is 0.333. The first-order valence-corrected chi connectivity index (χ1v) is 8.67. The molecule has 0 amide bonds. The van der Waals surface area contributed by atoms with Crippen LogP contribution in [0.4, 0.5) is 8.78 Å². The first-order valence-electron chi connectivity index (χ1n) is 8.67. The standard InChI is InChI=1S/C18H18F2N4O5/c1-3-4-11-8-12(23-22-11)17(25)27-9-15-21-16(24-29-15)10-5-6-13(28-18(19)20)14(7-10)26-2/h5-8,18H,3-4,9H2,1-2H3,(H,22,23). The van der Waals surface area contributed by atoms with Crippen LogP contribution < -0.4 is 9.47 Å². The number of carbonyl (C=O) groups is 1. The van der Waals surface area contributed by atoms with Gasteiger partial charge in [0.05, 0.1) is 7.11 Å². The molecule has 1 aromatic carbocycles. The molecule has 0 aliphatic carbocycles. The summed E-state index contributed by atoms with van der Waals surface area (Å²) in [7, 11) is 1.32. The highest BCUT2D eigenvalue weighted by molar-refractivity contribution is 5.87. The number of benzene rings is 1. The lowest BCUT2D eigenvalue weighted by Gasteiger charge is -2.10. The predicted molar refractivity (Wildman–Crippen MR) is 94.6 cm³/mol. The number of aryl methyl sites for hydroxylation is 1. The minimum absolute atomic E-state index is 0.0598. The van der Waals surface area contributed by atoms with E-state index in [4.69, 9.17) is 14.0 Å². The van der Waals surface area contributed by atoms with E-state index in [9.17, 15) is 13.6 Å². The van der Waals surface area contributed by atoms with E-state index >= 15 is 0 Å². The Kier molecular flexibility index (Phi) is 6.37. The van der Waals surface area contributed by atoms with Gasteiger partial charge in [0.2, 0.25) is 5.82 Å². The Bertz CT molecular complexity index is 973. The third-order valence-electron chi connectivity index (χ3n) is 3.79. The van der Waals surface area contributed by atoms with E-state index in [1.165, 1.54) is 25.3 Å². The molecule has 2 aromatic heterocycles. The van der Waals surface area contributed by atoms with Crippen LogP contribution in [-0.2, 0) is 17.8 Å². The van der Waals surface area contributed by atoms with Gasteiger partial charge < -0.3 is 18.7 Å². The maximum atomic E-state index is 12.4. The zero-order valence-corrected chi connectivity index (χ0v) is 15.6. The van der Waals surface area contributed by atoms with E-state index in [1.807, 2.05) is 6.92 Å². The quantitative estimate of drug-likeness (QED) is 0.536. The van der Waals surface area contributed by atoms with Crippen molar-refractivity contribution in [2.45, 2.75) is 33.0 Å². The summed E-state index contributed by atoms with van der Waals surface area (Å²) in [5.74, 6) is -0.432. The number of methoxy groups -OCH3 is 1. The Morgan fingerprint density at radius 2 is 2.10 bits per heavy atom. The molecule has 3 rings (SSSR count). The Morgan fingerprint density at radius 3 is 2.83 bits per heavy atom. The molecule has 2 heterocycles. The third kappa shape index (κ3) is 5.06. The predicted octanol–water partition coefficient (Wildman–Crippen LogP) is 3.38. The van der Waals surface area contributed by atoms with E-state index in [2.05, 4.69) is 25.1 Å². The van der Waals surface area contributed by atoms with Crippen molar-refractivity contribution in [1.29, 1.82) is 0 Å². The number of hydrogen-bond donors (Lipinski definition) is 1. The van der Waals surface area contributed by atoms with Gasteiger partial charge in [-0.05, 0) is 30.7 Å². The molecule has 0 fully saturated rings. The molecule has 0 radical (unpaired) electrons. The van der Waals surface area contributed by atoms with Gasteiger partial charge in [-0.15, -0.1) is 0 Å². The van der Waals surface area contributed by atoms with Crippen molar-refractivity contribution in [1.82, 2.24) is 20.3 Å². The summed E-state index contributed by atoms with van der Waals surface area (Å²) in [4.78, 5) is 16.2. The minimum Gasteiger partial charge on any atom is -0.493 e. The third-order valence-corrected chi connectivity index (χ3v) is 3.79. The van der Waals surface area contributed by atoms with Gasteiger partial charge in [-0.25, -0.2) is 4.79 Å². The monoisotopic (exact) mass is 408 g/mol. The first kappa shape index (κ1) is 20.2. The highest BCUT2D eigenvalue weighted by atomic mass is 19.3. The summed E-state index contributed by atoms with van der Waals surface area (Å²) in [6.07, 6.45) is 1.69. The number of hydrogen-bond acceptors (Lipinski definition) is 8. The van der Waals surface area contributed by atoms with Crippen LogP contribution in [0.5, 0.6) is 11.5 Å². The van der Waals surface area contributed by atoms with Gasteiger partial charge in [-0.1, -0.05) is 18.5 Å². The number of carbonyl (C=O) groups excluding carboxylic acids is 1. The van der Waals surface area contributed by atoms with Gasteiger partial charge in [0.15, 0.2) is 23.8 Å².